The number of carbonyl (C=O) groups excluding carboxylic acids is 1. The van der Waals surface area contributed by atoms with Gasteiger partial charge in [0.15, 0.2) is 11.5 Å². The average molecular weight is 326 g/mol. The Labute approximate surface area is 138 Å². The van der Waals surface area contributed by atoms with Gasteiger partial charge in [-0.3, -0.25) is 4.79 Å². The lowest BCUT2D eigenvalue weighted by Crippen LogP contribution is -2.23. The number of ether oxygens (including phenoxy) is 1. The minimum atomic E-state index is -0.386. The fourth-order valence-electron chi connectivity index (χ4n) is 2.19. The van der Waals surface area contributed by atoms with Crippen LogP contribution in [0.15, 0.2) is 59.1 Å². The number of methoxy groups -OCH3 is 1. The summed E-state index contributed by atoms with van der Waals surface area (Å²) in [5.41, 5.74) is 1.62. The number of nitrogens with one attached hydrogen (secondary N) is 1. The fourth-order valence-corrected chi connectivity index (χ4v) is 2.19. The van der Waals surface area contributed by atoms with Crippen LogP contribution in [-0.4, -0.2) is 18.2 Å². The van der Waals surface area contributed by atoms with E-state index in [4.69, 9.17) is 9.26 Å². The quantitative estimate of drug-likeness (QED) is 0.780. The first-order valence-electron chi connectivity index (χ1n) is 7.29. The summed E-state index contributed by atoms with van der Waals surface area (Å²) in [6.07, 6.45) is 0. The molecule has 0 radical (unpaired) electrons. The van der Waals surface area contributed by atoms with Crippen LogP contribution in [-0.2, 0) is 6.54 Å². The number of hydrogen-bond donors (Lipinski definition) is 1. The third-order valence-corrected chi connectivity index (χ3v) is 3.46. The summed E-state index contributed by atoms with van der Waals surface area (Å²) in [5, 5.41) is 6.45. The molecule has 1 N–H and O–H groups in total. The second-order valence-corrected chi connectivity index (χ2v) is 5.12. The molecule has 5 nitrogen and oxygen atoms in total. The summed E-state index contributed by atoms with van der Waals surface area (Å²) in [5.74, 6) is 0.479. The van der Waals surface area contributed by atoms with Gasteiger partial charge in [-0.1, -0.05) is 17.3 Å². The summed E-state index contributed by atoms with van der Waals surface area (Å²) >= 11 is 0. The van der Waals surface area contributed by atoms with Gasteiger partial charge >= 0.3 is 0 Å². The van der Waals surface area contributed by atoms with Crippen LogP contribution in [0.2, 0.25) is 0 Å². The van der Waals surface area contributed by atoms with Gasteiger partial charge in [0.1, 0.15) is 11.6 Å². The van der Waals surface area contributed by atoms with E-state index in [2.05, 4.69) is 10.5 Å². The van der Waals surface area contributed by atoms with Crippen LogP contribution >= 0.6 is 0 Å². The van der Waals surface area contributed by atoms with Crippen molar-refractivity contribution in [2.75, 3.05) is 7.11 Å². The van der Waals surface area contributed by atoms with E-state index in [-0.39, 0.29) is 24.0 Å². The monoisotopic (exact) mass is 326 g/mol. The topological polar surface area (TPSA) is 64.4 Å². The molecule has 0 bridgehead atoms. The number of halogens is 1. The third-order valence-electron chi connectivity index (χ3n) is 3.46. The number of rotatable bonds is 5. The predicted octanol–water partition coefficient (Wildman–Crippen LogP) is 3.42. The highest BCUT2D eigenvalue weighted by atomic mass is 19.1. The van der Waals surface area contributed by atoms with E-state index in [1.165, 1.54) is 12.1 Å². The van der Waals surface area contributed by atoms with Gasteiger partial charge in [-0.2, -0.15) is 0 Å². The van der Waals surface area contributed by atoms with Crippen LogP contribution in [0.3, 0.4) is 0 Å². The summed E-state index contributed by atoms with van der Waals surface area (Å²) in [7, 11) is 1.59. The Morgan fingerprint density at radius 2 is 2.00 bits per heavy atom. The lowest BCUT2D eigenvalue weighted by molar-refractivity contribution is 0.0942. The molecule has 122 valence electrons. The van der Waals surface area contributed by atoms with Crippen molar-refractivity contribution in [1.82, 2.24) is 10.5 Å². The normalized spacial score (nSPS) is 10.4. The van der Waals surface area contributed by atoms with Gasteiger partial charge in [0.2, 0.25) is 0 Å². The first-order chi connectivity index (χ1) is 11.7. The molecule has 0 atom stereocenters. The molecule has 6 heteroatoms. The first-order valence-corrected chi connectivity index (χ1v) is 7.29. The largest absolute Gasteiger partial charge is 0.497 e. The zero-order valence-electron chi connectivity index (χ0n) is 13.0. The molecule has 2 aromatic carbocycles. The number of nitrogens with zero attached hydrogens (tertiary/aromatic N) is 1. The summed E-state index contributed by atoms with van der Waals surface area (Å²) in [6, 6.07) is 14.8. The van der Waals surface area contributed by atoms with Crippen molar-refractivity contribution < 1.29 is 18.4 Å². The molecule has 0 unspecified atom stereocenters. The van der Waals surface area contributed by atoms with Gasteiger partial charge in [0, 0.05) is 18.2 Å². The molecule has 3 aromatic rings. The minimum Gasteiger partial charge on any atom is -0.497 e. The summed E-state index contributed by atoms with van der Waals surface area (Å²) < 4.78 is 23.4. The van der Waals surface area contributed by atoms with Gasteiger partial charge in [-0.05, 0) is 42.0 Å². The van der Waals surface area contributed by atoms with Crippen LogP contribution in [0.5, 0.6) is 5.75 Å². The van der Waals surface area contributed by atoms with Crippen molar-refractivity contribution in [2.24, 2.45) is 0 Å². The molecular formula is C18H15FN2O3. The third kappa shape index (κ3) is 3.60. The van der Waals surface area contributed by atoms with Crippen LogP contribution in [0.1, 0.15) is 16.1 Å². The molecule has 24 heavy (non-hydrogen) atoms. The molecule has 0 aliphatic carbocycles. The Bertz CT molecular complexity index is 843. The molecular weight excluding hydrogens is 311 g/mol. The van der Waals surface area contributed by atoms with Crippen molar-refractivity contribution in [3.05, 3.63) is 71.7 Å². The second kappa shape index (κ2) is 6.95. The molecule has 0 spiro atoms. The van der Waals surface area contributed by atoms with Gasteiger partial charge in [-0.25, -0.2) is 4.39 Å². The Hall–Kier alpha value is -3.15. The SMILES string of the molecule is COc1ccc(-c2cc(C(=O)NCc3cccc(F)c3)no2)cc1. The summed E-state index contributed by atoms with van der Waals surface area (Å²) in [6.45, 7) is 0.210. The standard InChI is InChI=1S/C18H15FN2O3/c1-23-15-7-5-13(6-8-15)17-10-16(21-24-17)18(22)20-11-12-3-2-4-14(19)9-12/h2-10H,11H2,1H3,(H,20,22). The molecule has 3 rings (SSSR count). The highest BCUT2D eigenvalue weighted by Gasteiger charge is 2.13. The smallest absolute Gasteiger partial charge is 0.273 e. The average Bonchev–Trinajstić information content (AvgIpc) is 3.10. The van der Waals surface area contributed by atoms with Crippen LogP contribution in [0.4, 0.5) is 4.39 Å². The summed E-state index contributed by atoms with van der Waals surface area (Å²) in [4.78, 5) is 12.1. The van der Waals surface area contributed by atoms with Gasteiger partial charge in [-0.15, -0.1) is 0 Å². The second-order valence-electron chi connectivity index (χ2n) is 5.12. The lowest BCUT2D eigenvalue weighted by atomic mass is 10.1. The van der Waals surface area contributed by atoms with Crippen LogP contribution in [0, 0.1) is 5.82 Å². The van der Waals surface area contributed by atoms with Crippen molar-refractivity contribution in [3.8, 4) is 17.1 Å². The number of hydrogen-bond acceptors (Lipinski definition) is 4. The molecule has 1 amide bonds. The molecule has 1 heterocycles. The van der Waals surface area contributed by atoms with Gasteiger partial charge in [0.05, 0.1) is 7.11 Å². The van der Waals surface area contributed by atoms with E-state index in [1.54, 1.807) is 37.4 Å². The maximum Gasteiger partial charge on any atom is 0.273 e. The van der Waals surface area contributed by atoms with E-state index in [0.717, 1.165) is 11.3 Å². The highest BCUT2D eigenvalue weighted by Crippen LogP contribution is 2.23. The van der Waals surface area contributed by atoms with E-state index >= 15 is 0 Å². The van der Waals surface area contributed by atoms with Crippen LogP contribution < -0.4 is 10.1 Å². The Balaban J connectivity index is 1.66. The van der Waals surface area contributed by atoms with Gasteiger partial charge in [0.25, 0.3) is 5.91 Å². The van der Waals surface area contributed by atoms with Crippen molar-refractivity contribution in [3.63, 3.8) is 0 Å². The van der Waals surface area contributed by atoms with Crippen molar-refractivity contribution in [2.45, 2.75) is 6.54 Å². The highest BCUT2D eigenvalue weighted by molar-refractivity contribution is 5.93. The zero-order chi connectivity index (χ0) is 16.9. The Kier molecular flexibility index (Phi) is 4.56. The van der Waals surface area contributed by atoms with Crippen molar-refractivity contribution in [1.29, 1.82) is 0 Å². The molecule has 0 saturated heterocycles. The van der Waals surface area contributed by atoms with Crippen LogP contribution in [0.25, 0.3) is 11.3 Å². The number of carbonyl (C=O) groups is 1. The maximum absolute atomic E-state index is 13.1. The van der Waals surface area contributed by atoms with E-state index < -0.39 is 0 Å². The lowest BCUT2D eigenvalue weighted by Gasteiger charge is -2.02. The molecule has 0 aliphatic rings. The predicted molar refractivity (Wildman–Crippen MR) is 86.1 cm³/mol. The number of aromatic nitrogens is 1. The minimum absolute atomic E-state index is 0.164. The van der Waals surface area contributed by atoms with E-state index in [1.807, 2.05) is 12.1 Å². The van der Waals surface area contributed by atoms with Gasteiger partial charge < -0.3 is 14.6 Å². The van der Waals surface area contributed by atoms with E-state index in [0.29, 0.717) is 11.3 Å². The number of benzene rings is 2. The first kappa shape index (κ1) is 15.7. The molecule has 0 fully saturated rings. The fraction of sp³-hybridized carbons (Fsp3) is 0.111. The molecule has 0 saturated carbocycles. The van der Waals surface area contributed by atoms with Crippen molar-refractivity contribution >= 4 is 5.91 Å². The zero-order valence-corrected chi connectivity index (χ0v) is 13.0. The molecule has 1 aromatic heterocycles. The Morgan fingerprint density at radius 3 is 2.71 bits per heavy atom. The Morgan fingerprint density at radius 1 is 1.21 bits per heavy atom. The maximum atomic E-state index is 13.1. The number of amides is 1. The van der Waals surface area contributed by atoms with E-state index in [9.17, 15) is 9.18 Å². The molecule has 0 aliphatic heterocycles.